The number of hydrazone groups is 1. The molecule has 0 heterocycles. The van der Waals surface area contributed by atoms with Crippen LogP contribution in [0.15, 0.2) is 53.6 Å². The van der Waals surface area contributed by atoms with Crippen LogP contribution in [0.5, 0.6) is 0 Å². The molecule has 0 fully saturated rings. The molecule has 0 aromatic heterocycles. The Labute approximate surface area is 152 Å². The number of nitrogens with one attached hydrogen (secondary N) is 1. The molecule has 132 valence electrons. The van der Waals surface area contributed by atoms with Gasteiger partial charge in [0.25, 0.3) is 5.91 Å². The molecule has 0 saturated heterocycles. The molecule has 0 spiro atoms. The van der Waals surface area contributed by atoms with Gasteiger partial charge in [0.1, 0.15) is 6.54 Å². The van der Waals surface area contributed by atoms with Crippen LogP contribution in [-0.4, -0.2) is 33.3 Å². The second-order valence-corrected chi connectivity index (χ2v) is 7.74. The SMILES string of the molecule is Cc1cccc(/C=N\NC(=O)CN(c2ccccc2Cl)S(C)(=O)=O)c1. The topological polar surface area (TPSA) is 78.8 Å². The molecule has 25 heavy (non-hydrogen) atoms. The first kappa shape index (κ1) is 19.0. The van der Waals surface area contributed by atoms with Crippen LogP contribution in [0.3, 0.4) is 0 Å². The molecule has 1 amide bonds. The number of carbonyl (C=O) groups is 1. The predicted octanol–water partition coefficient (Wildman–Crippen LogP) is 2.56. The number of halogens is 1. The van der Waals surface area contributed by atoms with Crippen molar-refractivity contribution in [1.82, 2.24) is 5.43 Å². The first-order valence-electron chi connectivity index (χ1n) is 7.38. The predicted molar refractivity (Wildman–Crippen MR) is 101 cm³/mol. The summed E-state index contributed by atoms with van der Waals surface area (Å²) < 4.78 is 24.9. The highest BCUT2D eigenvalue weighted by atomic mass is 35.5. The summed E-state index contributed by atoms with van der Waals surface area (Å²) in [6.45, 7) is 1.53. The maximum absolute atomic E-state index is 12.1. The zero-order valence-electron chi connectivity index (χ0n) is 13.8. The maximum Gasteiger partial charge on any atom is 0.260 e. The van der Waals surface area contributed by atoms with Gasteiger partial charge >= 0.3 is 0 Å². The molecule has 0 bridgehead atoms. The van der Waals surface area contributed by atoms with E-state index >= 15 is 0 Å². The Bertz CT molecular complexity index is 898. The third-order valence-electron chi connectivity index (χ3n) is 3.25. The van der Waals surface area contributed by atoms with E-state index in [0.29, 0.717) is 0 Å². The fraction of sp³-hybridized carbons (Fsp3) is 0.176. The van der Waals surface area contributed by atoms with Crippen LogP contribution in [0.25, 0.3) is 0 Å². The fourth-order valence-corrected chi connectivity index (χ4v) is 3.29. The standard InChI is InChI=1S/C17H18ClN3O3S/c1-13-6-5-7-14(10-13)11-19-20-17(22)12-21(25(2,23)24)16-9-4-3-8-15(16)18/h3-11H,12H2,1-2H3,(H,20,22)/b19-11-. The largest absolute Gasteiger partial charge is 0.271 e. The lowest BCUT2D eigenvalue weighted by molar-refractivity contribution is -0.119. The number of amides is 1. The third-order valence-corrected chi connectivity index (χ3v) is 4.70. The molecule has 2 aromatic rings. The van der Waals surface area contributed by atoms with Crippen molar-refractivity contribution in [2.75, 3.05) is 17.1 Å². The van der Waals surface area contributed by atoms with Crippen LogP contribution in [0.4, 0.5) is 5.69 Å². The number of carbonyl (C=O) groups excluding carboxylic acids is 1. The minimum absolute atomic E-state index is 0.240. The van der Waals surface area contributed by atoms with E-state index in [9.17, 15) is 13.2 Å². The third kappa shape index (κ3) is 5.58. The van der Waals surface area contributed by atoms with Crippen molar-refractivity contribution in [2.24, 2.45) is 5.10 Å². The summed E-state index contributed by atoms with van der Waals surface area (Å²) in [6.07, 6.45) is 2.50. The van der Waals surface area contributed by atoms with E-state index in [1.54, 1.807) is 18.2 Å². The van der Waals surface area contributed by atoms with Gasteiger partial charge in [-0.15, -0.1) is 0 Å². The summed E-state index contributed by atoms with van der Waals surface area (Å²) in [5.41, 5.74) is 4.46. The van der Waals surface area contributed by atoms with Gasteiger partial charge < -0.3 is 0 Å². The Morgan fingerprint density at radius 3 is 2.60 bits per heavy atom. The van der Waals surface area contributed by atoms with Crippen LogP contribution < -0.4 is 9.73 Å². The van der Waals surface area contributed by atoms with Crippen molar-refractivity contribution >= 4 is 39.4 Å². The van der Waals surface area contributed by atoms with Gasteiger partial charge in [0.05, 0.1) is 23.2 Å². The number of sulfonamides is 1. The molecule has 6 nitrogen and oxygen atoms in total. The number of para-hydroxylation sites is 1. The summed E-state index contributed by atoms with van der Waals surface area (Å²) in [4.78, 5) is 12.1. The number of nitrogens with zero attached hydrogens (tertiary/aromatic N) is 2. The normalized spacial score (nSPS) is 11.5. The molecule has 2 rings (SSSR count). The summed E-state index contributed by atoms with van der Waals surface area (Å²) in [6, 6.07) is 14.0. The van der Waals surface area contributed by atoms with Gasteiger partial charge in [-0.05, 0) is 24.6 Å². The van der Waals surface area contributed by atoms with E-state index in [4.69, 9.17) is 11.6 Å². The van der Waals surface area contributed by atoms with Crippen LogP contribution in [0.1, 0.15) is 11.1 Å². The Morgan fingerprint density at radius 2 is 1.96 bits per heavy atom. The Hall–Kier alpha value is -2.38. The van der Waals surface area contributed by atoms with E-state index in [1.165, 1.54) is 12.3 Å². The van der Waals surface area contributed by atoms with E-state index in [1.807, 2.05) is 31.2 Å². The minimum Gasteiger partial charge on any atom is -0.271 e. The number of hydrogen-bond donors (Lipinski definition) is 1. The average molecular weight is 380 g/mol. The summed E-state index contributed by atoms with van der Waals surface area (Å²) >= 11 is 6.04. The zero-order valence-corrected chi connectivity index (χ0v) is 15.4. The zero-order chi connectivity index (χ0) is 18.4. The first-order valence-corrected chi connectivity index (χ1v) is 9.61. The van der Waals surface area contributed by atoms with E-state index in [0.717, 1.165) is 21.7 Å². The van der Waals surface area contributed by atoms with E-state index in [2.05, 4.69) is 10.5 Å². The molecule has 0 aliphatic rings. The quantitative estimate of drug-likeness (QED) is 0.618. The van der Waals surface area contributed by atoms with Gasteiger partial charge in [-0.25, -0.2) is 13.8 Å². The number of rotatable bonds is 6. The van der Waals surface area contributed by atoms with Crippen molar-refractivity contribution in [3.05, 3.63) is 64.7 Å². The number of hydrogen-bond acceptors (Lipinski definition) is 4. The monoisotopic (exact) mass is 379 g/mol. The lowest BCUT2D eigenvalue weighted by Gasteiger charge is -2.22. The summed E-state index contributed by atoms with van der Waals surface area (Å²) in [5.74, 6) is -0.575. The lowest BCUT2D eigenvalue weighted by atomic mass is 10.2. The number of benzene rings is 2. The molecule has 0 unspecified atom stereocenters. The van der Waals surface area contributed by atoms with Gasteiger partial charge in [0.2, 0.25) is 10.0 Å². The van der Waals surface area contributed by atoms with E-state index < -0.39 is 22.5 Å². The van der Waals surface area contributed by atoms with Crippen molar-refractivity contribution in [3.63, 3.8) is 0 Å². The Kier molecular flexibility index (Phi) is 6.17. The van der Waals surface area contributed by atoms with Crippen LogP contribution in [0.2, 0.25) is 5.02 Å². The number of aryl methyl sites for hydroxylation is 1. The highest BCUT2D eigenvalue weighted by Crippen LogP contribution is 2.26. The van der Waals surface area contributed by atoms with Gasteiger partial charge in [-0.3, -0.25) is 9.10 Å². The Balaban J connectivity index is 2.09. The van der Waals surface area contributed by atoms with E-state index in [-0.39, 0.29) is 10.7 Å². The smallest absolute Gasteiger partial charge is 0.260 e. The van der Waals surface area contributed by atoms with Gasteiger partial charge in [-0.1, -0.05) is 53.6 Å². The molecular formula is C17H18ClN3O3S. The first-order chi connectivity index (χ1) is 11.8. The van der Waals surface area contributed by atoms with Crippen molar-refractivity contribution in [2.45, 2.75) is 6.92 Å². The van der Waals surface area contributed by atoms with Crippen LogP contribution in [-0.2, 0) is 14.8 Å². The van der Waals surface area contributed by atoms with Gasteiger partial charge in [0, 0.05) is 0 Å². The minimum atomic E-state index is -3.68. The second kappa shape index (κ2) is 8.13. The summed E-state index contributed by atoms with van der Waals surface area (Å²) in [7, 11) is -3.68. The molecule has 8 heteroatoms. The van der Waals surface area contributed by atoms with Crippen LogP contribution in [0, 0.1) is 6.92 Å². The molecule has 0 aliphatic carbocycles. The average Bonchev–Trinajstić information content (AvgIpc) is 2.52. The molecule has 0 saturated carbocycles. The second-order valence-electron chi connectivity index (χ2n) is 5.43. The fourth-order valence-electron chi connectivity index (χ4n) is 2.13. The molecular weight excluding hydrogens is 362 g/mol. The molecule has 2 aromatic carbocycles. The van der Waals surface area contributed by atoms with Crippen molar-refractivity contribution in [1.29, 1.82) is 0 Å². The molecule has 0 radical (unpaired) electrons. The lowest BCUT2D eigenvalue weighted by Crippen LogP contribution is -2.39. The number of anilines is 1. The Morgan fingerprint density at radius 1 is 1.24 bits per heavy atom. The van der Waals surface area contributed by atoms with Gasteiger partial charge in [-0.2, -0.15) is 5.10 Å². The summed E-state index contributed by atoms with van der Waals surface area (Å²) in [5, 5.41) is 4.09. The maximum atomic E-state index is 12.1. The van der Waals surface area contributed by atoms with Crippen LogP contribution >= 0.6 is 11.6 Å². The van der Waals surface area contributed by atoms with Crippen molar-refractivity contribution in [3.8, 4) is 0 Å². The molecule has 0 atom stereocenters. The molecule has 1 N–H and O–H groups in total. The highest BCUT2D eigenvalue weighted by molar-refractivity contribution is 7.92. The van der Waals surface area contributed by atoms with Crippen molar-refractivity contribution < 1.29 is 13.2 Å². The van der Waals surface area contributed by atoms with Gasteiger partial charge in [0.15, 0.2) is 0 Å². The highest BCUT2D eigenvalue weighted by Gasteiger charge is 2.22. The molecule has 0 aliphatic heterocycles.